The lowest BCUT2D eigenvalue weighted by Gasteiger charge is -2.30. The Bertz CT molecular complexity index is 1530. The van der Waals surface area contributed by atoms with Gasteiger partial charge in [0.2, 0.25) is 17.7 Å². The Balaban J connectivity index is 1.30. The summed E-state index contributed by atoms with van der Waals surface area (Å²) in [5, 5.41) is 0. The fourth-order valence-corrected chi connectivity index (χ4v) is 4.98. The lowest BCUT2D eigenvalue weighted by Crippen LogP contribution is -2.38. The van der Waals surface area contributed by atoms with Crippen molar-refractivity contribution in [3.63, 3.8) is 0 Å². The molecule has 2 N–H and O–H groups in total. The number of hydrogen-bond acceptors (Lipinski definition) is 7. The van der Waals surface area contributed by atoms with E-state index >= 15 is 0 Å². The molecular formula is C28H27N7O2. The van der Waals surface area contributed by atoms with E-state index in [-0.39, 0.29) is 11.8 Å². The maximum absolute atomic E-state index is 12.4. The van der Waals surface area contributed by atoms with Gasteiger partial charge in [-0.2, -0.15) is 0 Å². The number of hydrogen-bond donors (Lipinski definition) is 1. The SMILES string of the molecule is CC#CC(=O)N1CCCC(c2nc(-c3ccc(Oc4cc(C5CC5)ccn4)nc3)n3c(N)nccc23)C1. The fraction of sp³-hybridized carbons (Fsp3) is 0.321. The number of rotatable bonds is 5. The van der Waals surface area contributed by atoms with Crippen molar-refractivity contribution in [3.8, 4) is 35.0 Å². The first-order valence-electron chi connectivity index (χ1n) is 12.6. The van der Waals surface area contributed by atoms with Gasteiger partial charge in [0.05, 0.1) is 11.2 Å². The maximum atomic E-state index is 12.4. The normalized spacial score (nSPS) is 17.3. The highest BCUT2D eigenvalue weighted by atomic mass is 16.5. The molecule has 4 aromatic heterocycles. The molecule has 0 bridgehead atoms. The van der Waals surface area contributed by atoms with E-state index in [1.165, 1.54) is 18.4 Å². The zero-order valence-electron chi connectivity index (χ0n) is 20.6. The Morgan fingerprint density at radius 3 is 2.70 bits per heavy atom. The zero-order valence-corrected chi connectivity index (χ0v) is 20.6. The van der Waals surface area contributed by atoms with E-state index in [1.54, 1.807) is 36.5 Å². The molecular weight excluding hydrogens is 466 g/mol. The summed E-state index contributed by atoms with van der Waals surface area (Å²) < 4.78 is 7.77. The number of carbonyl (C=O) groups is 1. The van der Waals surface area contributed by atoms with Crippen LogP contribution in [0.4, 0.5) is 5.95 Å². The third-order valence-electron chi connectivity index (χ3n) is 6.95. The molecule has 1 aliphatic carbocycles. The van der Waals surface area contributed by atoms with Gasteiger partial charge in [-0.3, -0.25) is 9.20 Å². The Labute approximate surface area is 214 Å². The molecule has 6 rings (SSSR count). The van der Waals surface area contributed by atoms with Gasteiger partial charge in [-0.1, -0.05) is 5.92 Å². The molecule has 9 heteroatoms. The summed E-state index contributed by atoms with van der Waals surface area (Å²) in [6, 6.07) is 9.65. The number of fused-ring (bicyclic) bond motifs is 1. The van der Waals surface area contributed by atoms with Crippen LogP contribution in [0.15, 0.2) is 48.9 Å². The molecule has 1 unspecified atom stereocenters. The van der Waals surface area contributed by atoms with Gasteiger partial charge in [-0.15, -0.1) is 0 Å². The Kier molecular flexibility index (Phi) is 5.93. The Hall–Kier alpha value is -4.45. The summed E-state index contributed by atoms with van der Waals surface area (Å²) >= 11 is 0. The summed E-state index contributed by atoms with van der Waals surface area (Å²) in [7, 11) is 0. The molecule has 1 aliphatic heterocycles. The van der Waals surface area contributed by atoms with Gasteiger partial charge in [-0.25, -0.2) is 19.9 Å². The summed E-state index contributed by atoms with van der Waals surface area (Å²) in [5.41, 5.74) is 10.1. The van der Waals surface area contributed by atoms with Crippen molar-refractivity contribution < 1.29 is 9.53 Å². The number of nitrogen functional groups attached to an aromatic ring is 1. The topological polar surface area (TPSA) is 112 Å². The van der Waals surface area contributed by atoms with E-state index in [0.29, 0.717) is 42.5 Å². The number of nitrogens with two attached hydrogens (primary N) is 1. The molecule has 1 atom stereocenters. The van der Waals surface area contributed by atoms with Crippen molar-refractivity contribution in [2.24, 2.45) is 0 Å². The molecule has 1 saturated carbocycles. The van der Waals surface area contributed by atoms with Crippen LogP contribution in [-0.4, -0.2) is 48.2 Å². The average Bonchev–Trinajstić information content (AvgIpc) is 3.70. The monoisotopic (exact) mass is 493 g/mol. The number of nitrogens with zero attached hydrogens (tertiary/aromatic N) is 6. The Morgan fingerprint density at radius 2 is 1.92 bits per heavy atom. The second kappa shape index (κ2) is 9.54. The van der Waals surface area contributed by atoms with Gasteiger partial charge in [0.25, 0.3) is 5.91 Å². The van der Waals surface area contributed by atoms with Crippen molar-refractivity contribution in [1.82, 2.24) is 29.2 Å². The van der Waals surface area contributed by atoms with Crippen molar-refractivity contribution in [3.05, 3.63) is 60.2 Å². The lowest BCUT2D eigenvalue weighted by molar-refractivity contribution is -0.126. The van der Waals surface area contributed by atoms with Gasteiger partial charge in [0.15, 0.2) is 0 Å². The number of imidazole rings is 1. The first-order chi connectivity index (χ1) is 18.1. The summed E-state index contributed by atoms with van der Waals surface area (Å²) in [4.78, 5) is 32.3. The van der Waals surface area contributed by atoms with Crippen LogP contribution in [0.25, 0.3) is 16.9 Å². The highest BCUT2D eigenvalue weighted by Crippen LogP contribution is 2.41. The van der Waals surface area contributed by atoms with E-state index < -0.39 is 0 Å². The molecule has 1 saturated heterocycles. The summed E-state index contributed by atoms with van der Waals surface area (Å²) in [6.07, 6.45) is 9.44. The number of likely N-dealkylation sites (tertiary alicyclic amines) is 1. The van der Waals surface area contributed by atoms with Gasteiger partial charge in [0.1, 0.15) is 5.82 Å². The second-order valence-electron chi connectivity index (χ2n) is 9.50. The maximum Gasteiger partial charge on any atom is 0.298 e. The molecule has 186 valence electrons. The van der Waals surface area contributed by atoms with Gasteiger partial charge < -0.3 is 15.4 Å². The molecule has 2 fully saturated rings. The second-order valence-corrected chi connectivity index (χ2v) is 9.50. The van der Waals surface area contributed by atoms with E-state index in [4.69, 9.17) is 15.5 Å². The number of piperidine rings is 1. The number of aromatic nitrogens is 5. The fourth-order valence-electron chi connectivity index (χ4n) is 4.98. The highest BCUT2D eigenvalue weighted by Gasteiger charge is 2.29. The van der Waals surface area contributed by atoms with Crippen molar-refractivity contribution >= 4 is 17.4 Å². The van der Waals surface area contributed by atoms with Crippen LogP contribution >= 0.6 is 0 Å². The number of ether oxygens (including phenoxy) is 1. The van der Waals surface area contributed by atoms with E-state index in [1.807, 2.05) is 28.7 Å². The highest BCUT2D eigenvalue weighted by molar-refractivity contribution is 5.93. The molecule has 0 spiro atoms. The van der Waals surface area contributed by atoms with Crippen LogP contribution in [0.1, 0.15) is 55.7 Å². The molecule has 9 nitrogen and oxygen atoms in total. The minimum Gasteiger partial charge on any atom is -0.421 e. The molecule has 2 aliphatic rings. The standard InChI is InChI=1S/C28H27N7O2/c1-2-4-25(36)34-14-3-5-21(17-34)26-22-11-13-31-28(29)35(22)27(33-26)20-8-9-23(32-16-20)37-24-15-19(10-12-30-24)18-6-7-18/h8-13,15-16,18,21H,3,5-7,14,17H2,1H3,(H2,29,31). The predicted molar refractivity (Wildman–Crippen MR) is 139 cm³/mol. The molecule has 0 aromatic carbocycles. The van der Waals surface area contributed by atoms with Crippen LogP contribution in [0.5, 0.6) is 11.8 Å². The Morgan fingerprint density at radius 1 is 1.05 bits per heavy atom. The molecule has 5 heterocycles. The van der Waals surface area contributed by atoms with E-state index in [2.05, 4.69) is 26.8 Å². The van der Waals surface area contributed by atoms with Crippen LogP contribution in [-0.2, 0) is 4.79 Å². The number of anilines is 1. The van der Waals surface area contributed by atoms with Crippen LogP contribution in [0, 0.1) is 11.8 Å². The van der Waals surface area contributed by atoms with Crippen molar-refractivity contribution in [1.29, 1.82) is 0 Å². The van der Waals surface area contributed by atoms with Gasteiger partial charge in [0, 0.05) is 55.3 Å². The third-order valence-corrected chi connectivity index (χ3v) is 6.95. The van der Waals surface area contributed by atoms with Gasteiger partial charge >= 0.3 is 0 Å². The minimum atomic E-state index is -0.144. The lowest BCUT2D eigenvalue weighted by atomic mass is 9.94. The first-order valence-corrected chi connectivity index (χ1v) is 12.6. The predicted octanol–water partition coefficient (Wildman–Crippen LogP) is 4.17. The molecule has 37 heavy (non-hydrogen) atoms. The number of pyridine rings is 2. The third kappa shape index (κ3) is 4.58. The average molecular weight is 494 g/mol. The van der Waals surface area contributed by atoms with E-state index in [9.17, 15) is 4.79 Å². The van der Waals surface area contributed by atoms with Crippen LogP contribution < -0.4 is 10.5 Å². The molecule has 4 aromatic rings. The smallest absolute Gasteiger partial charge is 0.298 e. The number of amides is 1. The van der Waals surface area contributed by atoms with E-state index in [0.717, 1.165) is 29.6 Å². The first kappa shape index (κ1) is 23.0. The summed E-state index contributed by atoms with van der Waals surface area (Å²) in [5.74, 6) is 7.90. The molecule has 1 amide bonds. The molecule has 0 radical (unpaired) electrons. The zero-order chi connectivity index (χ0) is 25.4. The largest absolute Gasteiger partial charge is 0.421 e. The van der Waals surface area contributed by atoms with Crippen molar-refractivity contribution in [2.45, 2.75) is 44.4 Å². The van der Waals surface area contributed by atoms with Crippen LogP contribution in [0.2, 0.25) is 0 Å². The number of carbonyl (C=O) groups excluding carboxylic acids is 1. The quantitative estimate of drug-likeness (QED) is 0.415. The minimum absolute atomic E-state index is 0.0716. The van der Waals surface area contributed by atoms with Crippen LogP contribution in [0.3, 0.4) is 0 Å². The summed E-state index contributed by atoms with van der Waals surface area (Å²) in [6.45, 7) is 2.95. The van der Waals surface area contributed by atoms with Gasteiger partial charge in [-0.05, 0) is 68.2 Å². The van der Waals surface area contributed by atoms with Crippen molar-refractivity contribution in [2.75, 3.05) is 18.8 Å².